The molecule has 0 atom stereocenters. The molecule has 6 heterocycles. The highest BCUT2D eigenvalue weighted by Gasteiger charge is 2.28. The molecule has 0 amide bonds. The number of rotatable bonds is 35. The Balaban J connectivity index is 0.000000139. The summed E-state index contributed by atoms with van der Waals surface area (Å²) in [5.41, 5.74) is -0.0229. The highest BCUT2D eigenvalue weighted by molar-refractivity contribution is 6.11. The van der Waals surface area contributed by atoms with Crippen molar-refractivity contribution >= 4 is 132 Å². The van der Waals surface area contributed by atoms with E-state index in [1.807, 2.05) is 41.5 Å². The summed E-state index contributed by atoms with van der Waals surface area (Å²) in [5.74, 6) is -6.04. The summed E-state index contributed by atoms with van der Waals surface area (Å²) in [6, 6.07) is 38.6. The Morgan fingerprint density at radius 2 is 0.270 bits per heavy atom. The molecule has 18 aromatic rings. The van der Waals surface area contributed by atoms with Gasteiger partial charge in [-0.25, -0.2) is 0 Å². The quantitative estimate of drug-likeness (QED) is 0.0269. The minimum absolute atomic E-state index is 0.000134. The molecule has 137 heavy (non-hydrogen) atoms. The van der Waals surface area contributed by atoms with Gasteiger partial charge in [-0.15, -0.1) is 0 Å². The Bertz CT molecular complexity index is 7080. The van der Waals surface area contributed by atoms with Gasteiger partial charge in [0, 0.05) is 64.6 Å². The van der Waals surface area contributed by atoms with Gasteiger partial charge in [0.1, 0.15) is 0 Å². The number of fused-ring (bicyclic) bond motifs is 18. The van der Waals surface area contributed by atoms with E-state index < -0.39 is 69.8 Å². The third-order valence-corrected chi connectivity index (χ3v) is 21.6. The SMILES string of the molecule is CCCCCOc1ccc2c(oc3c(F)c(OCC)ccc32)c1F.CCCCOc1ccc2c(oc3c(F)c(OCC)ccc32)c1F.CCCCOc1ccc2c(oc3c(F)c(OCCC)ccc32)c1F.CCCOc1ccc2c(oc3c(F)c(OCC)ccc32)c1F.CCCOc1ccc2c(oc3c(F)c(OCCC)ccc32)c1F.CCOc1ccc2c(oc3c(F)c(OCC)ccc32)c1F. The van der Waals surface area contributed by atoms with E-state index in [1.54, 1.807) is 144 Å². The lowest BCUT2D eigenvalue weighted by Crippen LogP contribution is -1.99. The van der Waals surface area contributed by atoms with Crippen molar-refractivity contribution in [3.05, 3.63) is 215 Å². The summed E-state index contributed by atoms with van der Waals surface area (Å²) < 4.78 is 270. The maximum Gasteiger partial charge on any atom is 0.208 e. The first-order valence-corrected chi connectivity index (χ1v) is 46.0. The molecule has 0 fully saturated rings. The van der Waals surface area contributed by atoms with Crippen LogP contribution in [0.15, 0.2) is 172 Å². The maximum absolute atomic E-state index is 14.6. The fourth-order valence-corrected chi connectivity index (χ4v) is 15.0. The van der Waals surface area contributed by atoms with E-state index in [0.717, 1.165) is 70.6 Å². The second kappa shape index (κ2) is 47.1. The van der Waals surface area contributed by atoms with Crippen molar-refractivity contribution < 1.29 is 136 Å². The molecule has 0 N–H and O–H groups in total. The van der Waals surface area contributed by atoms with E-state index in [1.165, 1.54) is 36.4 Å². The van der Waals surface area contributed by atoms with Gasteiger partial charge in [0.2, 0.25) is 69.8 Å². The van der Waals surface area contributed by atoms with Crippen LogP contribution in [0.1, 0.15) is 154 Å². The Labute approximate surface area is 781 Å². The molecule has 0 saturated heterocycles. The van der Waals surface area contributed by atoms with Gasteiger partial charge in [-0.3, -0.25) is 0 Å². The topological polar surface area (TPSA) is 190 Å². The number of furan rings is 6. The van der Waals surface area contributed by atoms with Crippen molar-refractivity contribution in [2.45, 2.75) is 154 Å². The fraction of sp³-hybridized carbons (Fsp3) is 0.327. The van der Waals surface area contributed by atoms with Gasteiger partial charge in [0.15, 0.2) is 136 Å². The number of benzene rings is 12. The van der Waals surface area contributed by atoms with Gasteiger partial charge in [-0.2, -0.15) is 52.7 Å². The monoisotopic (exact) mass is 1910 g/mol. The van der Waals surface area contributed by atoms with Crippen molar-refractivity contribution in [3.8, 4) is 69.0 Å². The Kier molecular flexibility index (Phi) is 34.6. The van der Waals surface area contributed by atoms with Gasteiger partial charge in [-0.1, -0.05) is 74.1 Å². The molecule has 30 heteroatoms. The highest BCUT2D eigenvalue weighted by atomic mass is 19.2. The Morgan fingerprint density at radius 1 is 0.146 bits per heavy atom. The van der Waals surface area contributed by atoms with E-state index in [-0.39, 0.29) is 136 Å². The molecule has 0 aliphatic carbocycles. The molecule has 0 spiro atoms. The fourth-order valence-electron chi connectivity index (χ4n) is 15.0. The van der Waals surface area contributed by atoms with Crippen LogP contribution in [-0.2, 0) is 0 Å². The molecule has 12 aromatic carbocycles. The molecule has 18 rings (SSSR count). The molecular weight excluding hydrogens is 1800 g/mol. The Morgan fingerprint density at radius 3 is 0.394 bits per heavy atom. The van der Waals surface area contributed by atoms with Crippen molar-refractivity contribution in [2.75, 3.05) is 79.3 Å². The number of halogens is 12. The third kappa shape index (κ3) is 21.7. The lowest BCUT2D eigenvalue weighted by molar-refractivity contribution is 0.291. The van der Waals surface area contributed by atoms with Crippen LogP contribution in [0.3, 0.4) is 0 Å². The van der Waals surface area contributed by atoms with Gasteiger partial charge in [0.05, 0.1) is 79.3 Å². The average molecular weight is 1910 g/mol. The molecule has 726 valence electrons. The van der Waals surface area contributed by atoms with Crippen molar-refractivity contribution in [2.24, 2.45) is 0 Å². The normalized spacial score (nSPS) is 11.3. The molecule has 6 aromatic heterocycles. The smallest absolute Gasteiger partial charge is 0.208 e. The van der Waals surface area contributed by atoms with Crippen LogP contribution < -0.4 is 56.8 Å². The molecule has 0 aliphatic heterocycles. The molecule has 0 aliphatic rings. The predicted molar refractivity (Wildman–Crippen MR) is 507 cm³/mol. The molecule has 0 bridgehead atoms. The third-order valence-electron chi connectivity index (χ3n) is 21.6. The number of unbranched alkanes of at least 4 members (excludes halogenated alkanes) is 4. The summed E-state index contributed by atoms with van der Waals surface area (Å²) in [6.07, 6.45) is 9.62. The summed E-state index contributed by atoms with van der Waals surface area (Å²) in [5, 5.41) is 6.17. The van der Waals surface area contributed by atoms with E-state index in [4.69, 9.17) is 83.3 Å². The van der Waals surface area contributed by atoms with Crippen LogP contribution >= 0.6 is 0 Å². The molecule has 0 saturated carbocycles. The van der Waals surface area contributed by atoms with Crippen LogP contribution in [0.5, 0.6) is 69.0 Å². The van der Waals surface area contributed by atoms with Crippen LogP contribution in [0.4, 0.5) is 52.7 Å². The largest absolute Gasteiger partial charge is 0.491 e. The summed E-state index contributed by atoms with van der Waals surface area (Å²) in [4.78, 5) is 0. The van der Waals surface area contributed by atoms with Crippen molar-refractivity contribution in [3.63, 3.8) is 0 Å². The van der Waals surface area contributed by atoms with E-state index in [0.29, 0.717) is 144 Å². The maximum atomic E-state index is 14.6. The first-order valence-electron chi connectivity index (χ1n) is 46.0. The Hall–Kier alpha value is -13.8. The predicted octanol–water partition coefficient (Wildman–Crippen LogP) is 32.3. The van der Waals surface area contributed by atoms with E-state index in [2.05, 4.69) is 6.92 Å². The van der Waals surface area contributed by atoms with Gasteiger partial charge < -0.3 is 83.3 Å². The zero-order chi connectivity index (χ0) is 97.7. The number of hydrogen-bond acceptors (Lipinski definition) is 18. The standard InChI is InChI=1S/2C19H20F2O3.2C18H18F2O3.C17H16F2O3.C16H14F2O3/c1-3-5-11-23-15-9-7-13-12-6-8-14(22-10-4-2)16(20)18(12)24-19(13)17(15)21;1-3-5-6-11-23-15-10-8-13-12-7-9-14(22-4-2)16(20)18(12)24-19(13)17(15)21;1-3-9-21-13-7-5-11-12-6-8-14(22-10-4-2)16(20)18(12)23-17(11)15(13)19;1-3-5-10-22-14-9-7-12-11-6-8-13(21-4-2)15(19)17(11)23-18(12)16(14)20;1-3-9-21-13-8-6-11-10-5-7-12(20-4-2)14(18)16(10)22-17(11)15(13)19;1-3-19-11-7-5-9-10-6-8-12(20-4-2)14(18)16(10)21-15(9)13(11)17/h6-9H,3-5,10-11H2,1-2H3;7-10H,3-6,11H2,1-2H3;5-8H,3-4,9-10H2,1-2H3;6-9H,3-5,10H2,1-2H3;5-8H,3-4,9H2,1-2H3;5-8H,3-4H2,1-2H3. The minimum atomic E-state index is -0.622. The van der Waals surface area contributed by atoms with E-state index in [9.17, 15) is 52.7 Å². The van der Waals surface area contributed by atoms with Crippen LogP contribution in [-0.4, -0.2) is 79.3 Å². The van der Waals surface area contributed by atoms with E-state index >= 15 is 0 Å². The lowest BCUT2D eigenvalue weighted by atomic mass is 10.1. The van der Waals surface area contributed by atoms with Crippen molar-refractivity contribution in [1.29, 1.82) is 0 Å². The van der Waals surface area contributed by atoms with Crippen LogP contribution in [0, 0.1) is 69.8 Å². The zero-order valence-corrected chi connectivity index (χ0v) is 78.0. The van der Waals surface area contributed by atoms with Crippen molar-refractivity contribution in [1.82, 2.24) is 0 Å². The first kappa shape index (κ1) is 101. The second-order valence-corrected chi connectivity index (χ2v) is 31.2. The lowest BCUT2D eigenvalue weighted by Gasteiger charge is -2.06. The molecule has 0 radical (unpaired) electrons. The summed E-state index contributed by atoms with van der Waals surface area (Å²) >= 11 is 0. The average Bonchev–Trinajstić information content (AvgIpc) is 1.64. The summed E-state index contributed by atoms with van der Waals surface area (Å²) in [6.45, 7) is 27.3. The summed E-state index contributed by atoms with van der Waals surface area (Å²) in [7, 11) is 0. The molecular formula is C107H106F12O18. The second-order valence-electron chi connectivity index (χ2n) is 31.2. The highest BCUT2D eigenvalue weighted by Crippen LogP contribution is 2.46. The number of hydrogen-bond donors (Lipinski definition) is 0. The van der Waals surface area contributed by atoms with Gasteiger partial charge in [0.25, 0.3) is 0 Å². The first-order chi connectivity index (χ1) is 66.5. The van der Waals surface area contributed by atoms with Crippen LogP contribution in [0.2, 0.25) is 0 Å². The number of ether oxygens (including phenoxy) is 12. The van der Waals surface area contributed by atoms with Gasteiger partial charge >= 0.3 is 0 Å². The van der Waals surface area contributed by atoms with Crippen LogP contribution in [0.25, 0.3) is 132 Å². The molecule has 0 unspecified atom stereocenters. The zero-order valence-electron chi connectivity index (χ0n) is 78.0. The minimum Gasteiger partial charge on any atom is -0.491 e. The van der Waals surface area contributed by atoms with Gasteiger partial charge in [-0.05, 0) is 225 Å². The molecule has 18 nitrogen and oxygen atoms in total.